The smallest absolute Gasteiger partial charge is 0.275 e. The van der Waals surface area contributed by atoms with Crippen molar-refractivity contribution in [2.24, 2.45) is 0 Å². The number of phenolic OH excluding ortho intramolecular Hbond substituents is 1. The average Bonchev–Trinajstić information content (AvgIpc) is 2.83. The van der Waals surface area contributed by atoms with Crippen LogP contribution in [0.1, 0.15) is 50.2 Å². The molecule has 2 aromatic carbocycles. The molecule has 0 saturated heterocycles. The molecule has 2 rings (SSSR count). The van der Waals surface area contributed by atoms with Crippen LogP contribution in [0.3, 0.4) is 0 Å². The van der Waals surface area contributed by atoms with E-state index >= 15 is 0 Å². The number of hydrogen-bond acceptors (Lipinski definition) is 3. The molecule has 1 amide bonds. The second-order valence-corrected chi connectivity index (χ2v) is 10.1. The number of unbranched alkanes of at least 4 members (excludes halogenated alkanes) is 3. The van der Waals surface area contributed by atoms with Crippen LogP contribution in [0.15, 0.2) is 61.7 Å². The Morgan fingerprint density at radius 3 is 2.27 bits per heavy atom. The molecular weight excluding hydrogens is 528 g/mol. The highest BCUT2D eigenvalue weighted by molar-refractivity contribution is 5.77. The van der Waals surface area contributed by atoms with E-state index < -0.39 is 0 Å². The Balaban J connectivity index is 0.00000684. The number of halogens is 1. The first-order chi connectivity index (χ1) is 17.3. The first-order valence-corrected chi connectivity index (χ1v) is 13.2. The van der Waals surface area contributed by atoms with Gasteiger partial charge in [0.1, 0.15) is 11.5 Å². The van der Waals surface area contributed by atoms with Gasteiger partial charge >= 0.3 is 0 Å². The van der Waals surface area contributed by atoms with Crippen molar-refractivity contribution in [2.45, 2.75) is 51.9 Å². The molecule has 0 unspecified atom stereocenters. The van der Waals surface area contributed by atoms with Crippen LogP contribution < -0.4 is 27.0 Å². The van der Waals surface area contributed by atoms with Gasteiger partial charge in [0.2, 0.25) is 0 Å². The molecule has 5 nitrogen and oxygen atoms in total. The van der Waals surface area contributed by atoms with Gasteiger partial charge in [-0.2, -0.15) is 0 Å². The third kappa shape index (κ3) is 11.6. The maximum Gasteiger partial charge on any atom is 0.275 e. The van der Waals surface area contributed by atoms with Crippen LogP contribution in [0.5, 0.6) is 11.5 Å². The summed E-state index contributed by atoms with van der Waals surface area (Å²) in [4.78, 5) is 12.3. The van der Waals surface area contributed by atoms with Crippen molar-refractivity contribution < 1.29 is 36.1 Å². The van der Waals surface area contributed by atoms with Crippen LogP contribution in [0, 0.1) is 0 Å². The Morgan fingerprint density at radius 2 is 1.62 bits per heavy atom. The minimum Gasteiger partial charge on any atom is -1.00 e. The van der Waals surface area contributed by atoms with Crippen LogP contribution >= 0.6 is 0 Å². The van der Waals surface area contributed by atoms with E-state index in [1.807, 2.05) is 36.4 Å². The van der Waals surface area contributed by atoms with E-state index in [4.69, 9.17) is 4.74 Å². The minimum atomic E-state index is 0. The number of allylic oxidation sites excluding steroid dienone is 2. The van der Waals surface area contributed by atoms with E-state index in [9.17, 15) is 9.90 Å². The molecule has 0 atom stereocenters. The highest BCUT2D eigenvalue weighted by Crippen LogP contribution is 2.37. The lowest BCUT2D eigenvalue weighted by Gasteiger charge is -2.29. The van der Waals surface area contributed by atoms with Gasteiger partial charge in [0.05, 0.1) is 27.2 Å². The Bertz CT molecular complexity index is 1000. The normalized spacial score (nSPS) is 10.9. The number of quaternary nitrogens is 1. The van der Waals surface area contributed by atoms with Gasteiger partial charge in [0.15, 0.2) is 6.54 Å². The molecule has 2 aromatic rings. The standard InChI is InChI=1S/C31H44N2O3.BrH/c1-6-9-10-11-19-32-31(35)24-33(4,5)20-12-21-36-30-18-16-26(14-8-3)23-28(30)27-22-25(13-7-2)15-17-29(27)34;/h7-8,15-18,22-23H,2-3,6,9-14,19-21,24H2,1,4-5H3,(H-,32,34,35);1H. The summed E-state index contributed by atoms with van der Waals surface area (Å²) in [7, 11) is 4.16. The zero-order valence-corrected chi connectivity index (χ0v) is 24.5. The van der Waals surface area contributed by atoms with Crippen molar-refractivity contribution in [3.8, 4) is 22.6 Å². The Labute approximate surface area is 234 Å². The van der Waals surface area contributed by atoms with Gasteiger partial charge in [0.25, 0.3) is 5.91 Å². The van der Waals surface area contributed by atoms with Crippen LogP contribution in [0.4, 0.5) is 0 Å². The first-order valence-electron chi connectivity index (χ1n) is 13.2. The topological polar surface area (TPSA) is 58.6 Å². The van der Waals surface area contributed by atoms with Gasteiger partial charge in [-0.25, -0.2) is 0 Å². The zero-order chi connectivity index (χ0) is 26.4. The summed E-state index contributed by atoms with van der Waals surface area (Å²) in [5.41, 5.74) is 3.82. The van der Waals surface area contributed by atoms with Gasteiger partial charge in [-0.05, 0) is 54.7 Å². The third-order valence-electron chi connectivity index (χ3n) is 6.24. The number of nitrogens with zero attached hydrogens (tertiary/aromatic N) is 1. The summed E-state index contributed by atoms with van der Waals surface area (Å²) in [6, 6.07) is 11.7. The van der Waals surface area contributed by atoms with Gasteiger partial charge in [-0.15, -0.1) is 13.2 Å². The predicted molar refractivity (Wildman–Crippen MR) is 150 cm³/mol. The number of carbonyl (C=O) groups excluding carboxylic acids is 1. The largest absolute Gasteiger partial charge is 1.00 e. The van der Waals surface area contributed by atoms with E-state index in [1.54, 1.807) is 6.07 Å². The van der Waals surface area contributed by atoms with Gasteiger partial charge in [-0.3, -0.25) is 4.79 Å². The molecule has 0 aromatic heterocycles. The van der Waals surface area contributed by atoms with Crippen LogP contribution in [-0.2, 0) is 17.6 Å². The highest BCUT2D eigenvalue weighted by Gasteiger charge is 2.20. The molecule has 0 fully saturated rings. The molecule has 0 radical (unpaired) electrons. The monoisotopic (exact) mass is 572 g/mol. The molecule has 0 aliphatic heterocycles. The maximum atomic E-state index is 12.3. The SMILES string of the molecule is C=CCc1ccc(O)c(-c2cc(CC=C)ccc2OCCC[N+](C)(C)CC(=O)NCCCCCC)c1.[Br-]. The zero-order valence-electron chi connectivity index (χ0n) is 22.9. The highest BCUT2D eigenvalue weighted by atomic mass is 79.9. The average molecular weight is 574 g/mol. The summed E-state index contributed by atoms with van der Waals surface area (Å²) >= 11 is 0. The summed E-state index contributed by atoms with van der Waals surface area (Å²) < 4.78 is 6.83. The van der Waals surface area contributed by atoms with Crippen molar-refractivity contribution >= 4 is 5.91 Å². The summed E-state index contributed by atoms with van der Waals surface area (Å²) in [5.74, 6) is 1.07. The lowest BCUT2D eigenvalue weighted by molar-refractivity contribution is -0.882. The van der Waals surface area contributed by atoms with Crippen LogP contribution in [-0.4, -0.2) is 55.8 Å². The number of benzene rings is 2. The third-order valence-corrected chi connectivity index (χ3v) is 6.24. The molecule has 0 spiro atoms. The molecule has 204 valence electrons. The fourth-order valence-corrected chi connectivity index (χ4v) is 4.28. The summed E-state index contributed by atoms with van der Waals surface area (Å²) in [5, 5.41) is 13.7. The van der Waals surface area contributed by atoms with E-state index in [0.717, 1.165) is 66.8 Å². The first kappa shape index (κ1) is 32.5. The number of phenols is 1. The van der Waals surface area contributed by atoms with Crippen molar-refractivity contribution in [1.82, 2.24) is 5.32 Å². The molecule has 2 N–H and O–H groups in total. The number of nitrogens with one attached hydrogen (secondary N) is 1. The molecule has 0 bridgehead atoms. The second kappa shape index (κ2) is 17.0. The lowest BCUT2D eigenvalue weighted by atomic mass is 9.97. The van der Waals surface area contributed by atoms with Crippen molar-refractivity contribution in [3.05, 3.63) is 72.8 Å². The van der Waals surface area contributed by atoms with Gasteiger partial charge in [0, 0.05) is 24.1 Å². The molecular formula is C31H45BrN2O3. The number of aromatic hydroxyl groups is 1. The van der Waals surface area contributed by atoms with Crippen molar-refractivity contribution in [2.75, 3.05) is 40.3 Å². The molecule has 0 aliphatic rings. The number of amides is 1. The Kier molecular flexibility index (Phi) is 14.9. The van der Waals surface area contributed by atoms with E-state index in [0.29, 0.717) is 17.6 Å². The van der Waals surface area contributed by atoms with Crippen molar-refractivity contribution in [1.29, 1.82) is 0 Å². The number of rotatable bonds is 17. The number of hydrogen-bond donors (Lipinski definition) is 2. The number of carbonyl (C=O) groups is 1. The minimum absolute atomic E-state index is 0. The lowest BCUT2D eigenvalue weighted by Crippen LogP contribution is -3.00. The fourth-order valence-electron chi connectivity index (χ4n) is 4.28. The molecule has 6 heteroatoms. The molecule has 0 heterocycles. The Hall–Kier alpha value is -2.57. The maximum absolute atomic E-state index is 12.3. The van der Waals surface area contributed by atoms with E-state index in [1.165, 1.54) is 19.3 Å². The number of likely N-dealkylation sites (N-methyl/N-ethyl adjacent to an activating group) is 1. The molecule has 0 aliphatic carbocycles. The summed E-state index contributed by atoms with van der Waals surface area (Å²) in [6.45, 7) is 12.4. The fraction of sp³-hybridized carbons (Fsp3) is 0.452. The van der Waals surface area contributed by atoms with Crippen molar-refractivity contribution in [3.63, 3.8) is 0 Å². The van der Waals surface area contributed by atoms with Gasteiger partial charge in [-0.1, -0.05) is 50.5 Å². The predicted octanol–water partition coefficient (Wildman–Crippen LogP) is 3.06. The second-order valence-electron chi connectivity index (χ2n) is 10.1. The molecule has 37 heavy (non-hydrogen) atoms. The van der Waals surface area contributed by atoms with E-state index in [-0.39, 0.29) is 28.6 Å². The Morgan fingerprint density at radius 1 is 0.973 bits per heavy atom. The number of ether oxygens (including phenoxy) is 1. The van der Waals surface area contributed by atoms with Gasteiger partial charge < -0.3 is 36.6 Å². The van der Waals surface area contributed by atoms with E-state index in [2.05, 4.69) is 45.6 Å². The van der Waals surface area contributed by atoms with Crippen LogP contribution in [0.25, 0.3) is 11.1 Å². The quantitative estimate of drug-likeness (QED) is 0.174. The molecule has 0 saturated carbocycles. The summed E-state index contributed by atoms with van der Waals surface area (Å²) in [6.07, 6.45) is 10.6. The van der Waals surface area contributed by atoms with Crippen LogP contribution in [0.2, 0.25) is 0 Å².